The van der Waals surface area contributed by atoms with Gasteiger partial charge in [0.1, 0.15) is 17.9 Å². The van der Waals surface area contributed by atoms with Crippen molar-refractivity contribution >= 4 is 11.6 Å². The minimum Gasteiger partial charge on any atom is -0.349 e. The molecule has 1 atom stereocenters. The summed E-state index contributed by atoms with van der Waals surface area (Å²) in [6.45, 7) is 3.54. The second kappa shape index (κ2) is 5.73. The van der Waals surface area contributed by atoms with Crippen LogP contribution in [0.5, 0.6) is 0 Å². The second-order valence-electron chi connectivity index (χ2n) is 4.66. The predicted molar refractivity (Wildman–Crippen MR) is 73.4 cm³/mol. The molecule has 0 spiro atoms. The fraction of sp³-hybridized carbons (Fsp3) is 0.417. The minimum atomic E-state index is -0.632. The van der Waals surface area contributed by atoms with E-state index in [4.69, 9.17) is 0 Å². The molecule has 0 aliphatic heterocycles. The Balaban J connectivity index is 2.06. The van der Waals surface area contributed by atoms with Crippen LogP contribution in [0.25, 0.3) is 0 Å². The van der Waals surface area contributed by atoms with Crippen LogP contribution in [0, 0.1) is 17.0 Å². The summed E-state index contributed by atoms with van der Waals surface area (Å²) in [5, 5.41) is 21.5. The van der Waals surface area contributed by atoms with Crippen LogP contribution >= 0.6 is 0 Å². The van der Waals surface area contributed by atoms with Gasteiger partial charge >= 0.3 is 5.69 Å². The predicted octanol–water partition coefficient (Wildman–Crippen LogP) is 0.711. The zero-order valence-electron chi connectivity index (χ0n) is 12.0. The molecule has 9 heteroatoms. The first kappa shape index (κ1) is 14.7. The Labute approximate surface area is 120 Å². The van der Waals surface area contributed by atoms with Gasteiger partial charge in [-0.05, 0) is 19.9 Å². The summed E-state index contributed by atoms with van der Waals surface area (Å²) < 4.78 is 3.01. The Hall–Kier alpha value is -2.71. The fourth-order valence-corrected chi connectivity index (χ4v) is 2.00. The molecule has 0 radical (unpaired) electrons. The maximum atomic E-state index is 12.1. The largest absolute Gasteiger partial charge is 0.349 e. The first-order valence-corrected chi connectivity index (χ1v) is 6.35. The lowest BCUT2D eigenvalue weighted by molar-refractivity contribution is -0.385. The number of carbonyl (C=O) groups excluding carboxylic acids is 1. The van der Waals surface area contributed by atoms with Crippen molar-refractivity contribution < 1.29 is 9.72 Å². The molecule has 0 saturated heterocycles. The van der Waals surface area contributed by atoms with Crippen molar-refractivity contribution in [1.82, 2.24) is 24.9 Å². The molecule has 2 heterocycles. The van der Waals surface area contributed by atoms with Crippen LogP contribution in [-0.2, 0) is 18.4 Å². The summed E-state index contributed by atoms with van der Waals surface area (Å²) in [5.41, 5.74) is 1.11. The Morgan fingerprint density at radius 3 is 2.76 bits per heavy atom. The Bertz CT molecular complexity index is 674. The van der Waals surface area contributed by atoms with E-state index in [-0.39, 0.29) is 11.6 Å². The molecule has 0 aliphatic rings. The summed E-state index contributed by atoms with van der Waals surface area (Å²) >= 11 is 0. The van der Waals surface area contributed by atoms with E-state index in [9.17, 15) is 14.9 Å². The van der Waals surface area contributed by atoms with E-state index in [1.54, 1.807) is 37.8 Å². The van der Waals surface area contributed by atoms with Crippen molar-refractivity contribution in [3.8, 4) is 0 Å². The van der Waals surface area contributed by atoms with Crippen molar-refractivity contribution in [3.05, 3.63) is 40.0 Å². The standard InChI is InChI=1S/C12H16N6O3/c1-8-11(18(20)21)7-15-17(8)9(2)12(19)13-6-10-4-5-14-16(10)3/h4-5,7,9H,6H2,1-3H3,(H,13,19). The molecule has 0 saturated carbocycles. The molecular formula is C12H16N6O3. The molecule has 112 valence electrons. The molecule has 0 fully saturated rings. The number of aryl methyl sites for hydroxylation is 1. The van der Waals surface area contributed by atoms with E-state index in [2.05, 4.69) is 15.5 Å². The SMILES string of the molecule is Cc1c([N+](=O)[O-])cnn1C(C)C(=O)NCc1ccnn1C. The van der Waals surface area contributed by atoms with Crippen LogP contribution in [0.2, 0.25) is 0 Å². The maximum Gasteiger partial charge on any atom is 0.309 e. The van der Waals surface area contributed by atoms with Gasteiger partial charge in [0.2, 0.25) is 5.91 Å². The fourth-order valence-electron chi connectivity index (χ4n) is 2.00. The summed E-state index contributed by atoms with van der Waals surface area (Å²) in [6.07, 6.45) is 2.80. The number of carbonyl (C=O) groups is 1. The monoisotopic (exact) mass is 292 g/mol. The molecule has 0 aromatic carbocycles. The lowest BCUT2D eigenvalue weighted by Crippen LogP contribution is -2.32. The van der Waals surface area contributed by atoms with E-state index in [0.29, 0.717) is 12.2 Å². The van der Waals surface area contributed by atoms with Crippen LogP contribution in [0.15, 0.2) is 18.5 Å². The molecule has 2 rings (SSSR count). The van der Waals surface area contributed by atoms with Gasteiger partial charge < -0.3 is 5.32 Å². The third kappa shape index (κ3) is 2.91. The number of hydrogen-bond acceptors (Lipinski definition) is 5. The van der Waals surface area contributed by atoms with E-state index in [0.717, 1.165) is 11.9 Å². The van der Waals surface area contributed by atoms with Crippen molar-refractivity contribution in [2.24, 2.45) is 7.05 Å². The lowest BCUT2D eigenvalue weighted by Gasteiger charge is -2.14. The Morgan fingerprint density at radius 1 is 1.52 bits per heavy atom. The summed E-state index contributed by atoms with van der Waals surface area (Å²) in [5.74, 6) is -0.266. The average Bonchev–Trinajstić information content (AvgIpc) is 3.01. The Kier molecular flexibility index (Phi) is 4.01. The quantitative estimate of drug-likeness (QED) is 0.645. The Morgan fingerprint density at radius 2 is 2.24 bits per heavy atom. The number of hydrogen-bond donors (Lipinski definition) is 1. The van der Waals surface area contributed by atoms with Gasteiger partial charge in [-0.1, -0.05) is 0 Å². The first-order chi connectivity index (χ1) is 9.91. The third-order valence-corrected chi connectivity index (χ3v) is 3.33. The van der Waals surface area contributed by atoms with Crippen molar-refractivity contribution in [2.45, 2.75) is 26.4 Å². The average molecular weight is 292 g/mol. The molecule has 1 N–H and O–H groups in total. The van der Waals surface area contributed by atoms with E-state index in [1.807, 2.05) is 0 Å². The van der Waals surface area contributed by atoms with Crippen molar-refractivity contribution in [3.63, 3.8) is 0 Å². The second-order valence-corrected chi connectivity index (χ2v) is 4.66. The van der Waals surface area contributed by atoms with Gasteiger partial charge in [-0.2, -0.15) is 10.2 Å². The van der Waals surface area contributed by atoms with Crippen LogP contribution in [-0.4, -0.2) is 30.4 Å². The van der Waals surface area contributed by atoms with Gasteiger partial charge in [0.15, 0.2) is 0 Å². The highest BCUT2D eigenvalue weighted by atomic mass is 16.6. The summed E-state index contributed by atoms with van der Waals surface area (Å²) in [4.78, 5) is 22.4. The van der Waals surface area contributed by atoms with Gasteiger partial charge in [0, 0.05) is 13.2 Å². The molecule has 0 aliphatic carbocycles. The van der Waals surface area contributed by atoms with Crippen molar-refractivity contribution in [1.29, 1.82) is 0 Å². The van der Waals surface area contributed by atoms with Crippen LogP contribution in [0.1, 0.15) is 24.4 Å². The third-order valence-electron chi connectivity index (χ3n) is 3.33. The van der Waals surface area contributed by atoms with Crippen LogP contribution in [0.3, 0.4) is 0 Å². The highest BCUT2D eigenvalue weighted by Crippen LogP contribution is 2.19. The number of nitrogens with zero attached hydrogens (tertiary/aromatic N) is 5. The highest BCUT2D eigenvalue weighted by Gasteiger charge is 2.23. The number of aromatic nitrogens is 4. The molecule has 0 bridgehead atoms. The van der Waals surface area contributed by atoms with Gasteiger partial charge in [-0.25, -0.2) is 0 Å². The number of nitro groups is 1. The van der Waals surface area contributed by atoms with E-state index < -0.39 is 11.0 Å². The lowest BCUT2D eigenvalue weighted by atomic mass is 10.3. The zero-order chi connectivity index (χ0) is 15.6. The molecule has 21 heavy (non-hydrogen) atoms. The van der Waals surface area contributed by atoms with Crippen LogP contribution in [0.4, 0.5) is 5.69 Å². The summed E-state index contributed by atoms with van der Waals surface area (Å²) in [7, 11) is 1.78. The van der Waals surface area contributed by atoms with Gasteiger partial charge in [-0.15, -0.1) is 0 Å². The number of rotatable bonds is 5. The van der Waals surface area contributed by atoms with Gasteiger partial charge in [0.05, 0.1) is 17.2 Å². The van der Waals surface area contributed by atoms with Gasteiger partial charge in [0.25, 0.3) is 0 Å². The minimum absolute atomic E-state index is 0.0960. The molecule has 2 aromatic rings. The van der Waals surface area contributed by atoms with Crippen LogP contribution < -0.4 is 5.32 Å². The normalized spacial score (nSPS) is 12.1. The van der Waals surface area contributed by atoms with Crippen molar-refractivity contribution in [2.75, 3.05) is 0 Å². The summed E-state index contributed by atoms with van der Waals surface area (Å²) in [6, 6.07) is 1.17. The highest BCUT2D eigenvalue weighted by molar-refractivity contribution is 5.79. The molecular weight excluding hydrogens is 276 g/mol. The zero-order valence-corrected chi connectivity index (χ0v) is 12.0. The van der Waals surface area contributed by atoms with Gasteiger partial charge in [-0.3, -0.25) is 24.3 Å². The van der Waals surface area contributed by atoms with E-state index in [1.165, 1.54) is 4.68 Å². The smallest absolute Gasteiger partial charge is 0.309 e. The molecule has 1 amide bonds. The molecule has 9 nitrogen and oxygen atoms in total. The first-order valence-electron chi connectivity index (χ1n) is 6.35. The molecule has 2 aromatic heterocycles. The van der Waals surface area contributed by atoms with E-state index >= 15 is 0 Å². The topological polar surface area (TPSA) is 108 Å². The number of amides is 1. The maximum absolute atomic E-state index is 12.1. The number of nitrogens with one attached hydrogen (secondary N) is 1. The molecule has 1 unspecified atom stereocenters.